The van der Waals surface area contributed by atoms with Crippen LogP contribution in [0.5, 0.6) is 5.75 Å². The van der Waals surface area contributed by atoms with Gasteiger partial charge >= 0.3 is 0 Å². The van der Waals surface area contributed by atoms with E-state index >= 15 is 0 Å². The molecule has 0 spiro atoms. The molecule has 1 aliphatic heterocycles. The number of carbonyl (C=O) groups is 2. The maximum absolute atomic E-state index is 13.3. The summed E-state index contributed by atoms with van der Waals surface area (Å²) in [5, 5.41) is 11.3. The van der Waals surface area contributed by atoms with Gasteiger partial charge in [-0.25, -0.2) is 0 Å². The van der Waals surface area contributed by atoms with Crippen molar-refractivity contribution in [1.29, 1.82) is 0 Å². The van der Waals surface area contributed by atoms with Crippen LogP contribution in [0, 0.1) is 6.92 Å². The fraction of sp³-hybridized carbons (Fsp3) is 0.250. The summed E-state index contributed by atoms with van der Waals surface area (Å²) in [5.74, 6) is -1.02. The van der Waals surface area contributed by atoms with Crippen molar-refractivity contribution in [2.75, 3.05) is 12.0 Å². The Morgan fingerprint density at radius 1 is 1.09 bits per heavy atom. The van der Waals surface area contributed by atoms with Gasteiger partial charge in [0.2, 0.25) is 0 Å². The molecule has 1 N–H and O–H groups in total. The van der Waals surface area contributed by atoms with Gasteiger partial charge in [0.05, 0.1) is 18.4 Å². The van der Waals surface area contributed by atoms with Crippen molar-refractivity contribution in [3.8, 4) is 5.75 Å². The fourth-order valence-corrected chi connectivity index (χ4v) is 4.29. The van der Waals surface area contributed by atoms with E-state index in [1.165, 1.54) is 10.5 Å². The number of hydrogen-bond donors (Lipinski definition) is 1. The first-order valence-electron chi connectivity index (χ1n) is 11.4. The van der Waals surface area contributed by atoms with E-state index in [0.29, 0.717) is 22.7 Å². The zero-order valence-electron chi connectivity index (χ0n) is 19.6. The highest BCUT2D eigenvalue weighted by Crippen LogP contribution is 2.42. The summed E-state index contributed by atoms with van der Waals surface area (Å²) in [4.78, 5) is 32.4. The molecule has 0 radical (unpaired) electrons. The van der Waals surface area contributed by atoms with Gasteiger partial charge in [-0.05, 0) is 73.4 Å². The number of ether oxygens (including phenoxy) is 1. The number of pyridine rings is 1. The highest BCUT2D eigenvalue weighted by molar-refractivity contribution is 6.51. The number of hydrogen-bond acceptors (Lipinski definition) is 5. The van der Waals surface area contributed by atoms with E-state index in [0.717, 1.165) is 24.8 Å². The third-order valence-corrected chi connectivity index (χ3v) is 6.13. The Kier molecular flexibility index (Phi) is 6.77. The number of aliphatic hydroxyl groups is 1. The van der Waals surface area contributed by atoms with Crippen LogP contribution in [0.3, 0.4) is 0 Å². The smallest absolute Gasteiger partial charge is 0.300 e. The van der Waals surface area contributed by atoms with Gasteiger partial charge in [0.15, 0.2) is 0 Å². The highest BCUT2D eigenvalue weighted by Gasteiger charge is 2.47. The number of nitrogens with zero attached hydrogens (tertiary/aromatic N) is 2. The van der Waals surface area contributed by atoms with Crippen molar-refractivity contribution in [3.63, 3.8) is 0 Å². The molecule has 1 unspecified atom stereocenters. The second kappa shape index (κ2) is 9.91. The topological polar surface area (TPSA) is 79.7 Å². The Bertz CT molecular complexity index is 1230. The van der Waals surface area contributed by atoms with Crippen LogP contribution < -0.4 is 9.64 Å². The first-order chi connectivity index (χ1) is 16.5. The van der Waals surface area contributed by atoms with E-state index in [2.05, 4.69) is 11.9 Å². The summed E-state index contributed by atoms with van der Waals surface area (Å²) in [6.07, 6.45) is 4.75. The SMILES string of the molecule is CCCCc1ccc(N2C(=O)C(=O)/C(=C(\O)c3ccc(OC)cc3C)C2c2ccccn2)cc1. The van der Waals surface area contributed by atoms with Gasteiger partial charge in [0.25, 0.3) is 11.7 Å². The number of aryl methyl sites for hydroxylation is 2. The van der Waals surface area contributed by atoms with Gasteiger partial charge in [0, 0.05) is 17.4 Å². The molecular weight excluding hydrogens is 428 g/mol. The lowest BCUT2D eigenvalue weighted by Gasteiger charge is -2.25. The standard InChI is InChI=1S/C28H28N2O4/c1-4-5-8-19-10-12-20(13-11-19)30-25(23-9-6-7-16-29-23)24(27(32)28(30)33)26(31)22-15-14-21(34-3)17-18(22)2/h6-7,9-17,25,31H,4-5,8H2,1-3H3/b26-24-. The van der Waals surface area contributed by atoms with Crippen LogP contribution in [-0.4, -0.2) is 28.9 Å². The molecule has 0 bridgehead atoms. The summed E-state index contributed by atoms with van der Waals surface area (Å²) < 4.78 is 5.26. The number of anilines is 1. The summed E-state index contributed by atoms with van der Waals surface area (Å²) in [5.41, 5.74) is 3.48. The number of rotatable bonds is 7. The molecule has 174 valence electrons. The zero-order chi connectivity index (χ0) is 24.2. The average molecular weight is 457 g/mol. The van der Waals surface area contributed by atoms with Crippen molar-refractivity contribution < 1.29 is 19.4 Å². The van der Waals surface area contributed by atoms with E-state index in [1.807, 2.05) is 31.2 Å². The molecule has 3 aromatic rings. The number of amides is 1. The van der Waals surface area contributed by atoms with Gasteiger partial charge < -0.3 is 9.84 Å². The maximum atomic E-state index is 13.3. The number of ketones is 1. The molecular formula is C28H28N2O4. The number of benzene rings is 2. The first-order valence-corrected chi connectivity index (χ1v) is 11.4. The Morgan fingerprint density at radius 3 is 2.47 bits per heavy atom. The minimum atomic E-state index is -0.843. The van der Waals surface area contributed by atoms with Crippen LogP contribution in [0.4, 0.5) is 5.69 Å². The van der Waals surface area contributed by atoms with E-state index in [9.17, 15) is 14.7 Å². The van der Waals surface area contributed by atoms with Crippen LogP contribution in [0.25, 0.3) is 5.76 Å². The third kappa shape index (κ3) is 4.31. The monoisotopic (exact) mass is 456 g/mol. The van der Waals surface area contributed by atoms with Crippen molar-refractivity contribution >= 4 is 23.1 Å². The minimum absolute atomic E-state index is 0.0204. The molecule has 1 fully saturated rings. The third-order valence-electron chi connectivity index (χ3n) is 6.13. The Labute approximate surface area is 199 Å². The molecule has 1 aromatic heterocycles. The number of methoxy groups -OCH3 is 1. The molecule has 1 amide bonds. The molecule has 34 heavy (non-hydrogen) atoms. The molecule has 4 rings (SSSR count). The molecule has 1 aliphatic rings. The summed E-state index contributed by atoms with van der Waals surface area (Å²) >= 11 is 0. The lowest BCUT2D eigenvalue weighted by molar-refractivity contribution is -0.132. The molecule has 2 heterocycles. The number of carbonyl (C=O) groups excluding carboxylic acids is 2. The molecule has 0 aliphatic carbocycles. The van der Waals surface area contributed by atoms with Crippen molar-refractivity contribution in [2.24, 2.45) is 0 Å². The highest BCUT2D eigenvalue weighted by atomic mass is 16.5. The number of unbranched alkanes of at least 4 members (excludes halogenated alkanes) is 1. The van der Waals surface area contributed by atoms with E-state index in [1.54, 1.807) is 49.7 Å². The maximum Gasteiger partial charge on any atom is 0.300 e. The summed E-state index contributed by atoms with van der Waals surface area (Å²) in [6, 6.07) is 17.3. The predicted octanol–water partition coefficient (Wildman–Crippen LogP) is 5.37. The Hall–Kier alpha value is -3.93. The lowest BCUT2D eigenvalue weighted by Crippen LogP contribution is -2.29. The number of aromatic nitrogens is 1. The predicted molar refractivity (Wildman–Crippen MR) is 132 cm³/mol. The fourth-order valence-electron chi connectivity index (χ4n) is 4.29. The van der Waals surface area contributed by atoms with Gasteiger partial charge in [-0.15, -0.1) is 0 Å². The number of aliphatic hydroxyl groups excluding tert-OH is 1. The van der Waals surface area contributed by atoms with E-state index in [4.69, 9.17) is 4.74 Å². The van der Waals surface area contributed by atoms with Gasteiger partial charge in [0.1, 0.15) is 17.6 Å². The van der Waals surface area contributed by atoms with Crippen LogP contribution >= 0.6 is 0 Å². The zero-order valence-corrected chi connectivity index (χ0v) is 19.6. The normalized spacial score (nSPS) is 17.3. The van der Waals surface area contributed by atoms with Crippen molar-refractivity contribution in [3.05, 3.63) is 94.8 Å². The quantitative estimate of drug-likeness (QED) is 0.294. The van der Waals surface area contributed by atoms with E-state index in [-0.39, 0.29) is 11.3 Å². The molecule has 1 saturated heterocycles. The Morgan fingerprint density at radius 2 is 1.85 bits per heavy atom. The molecule has 1 atom stereocenters. The van der Waals surface area contributed by atoms with Crippen molar-refractivity contribution in [2.45, 2.75) is 39.2 Å². The second-order valence-electron chi connectivity index (χ2n) is 8.37. The van der Waals surface area contributed by atoms with Crippen LogP contribution in [0.1, 0.15) is 48.2 Å². The number of Topliss-reactive ketones (excluding diaryl/α,β-unsaturated/α-hetero) is 1. The lowest BCUT2D eigenvalue weighted by atomic mass is 9.96. The van der Waals surface area contributed by atoms with Crippen molar-refractivity contribution in [1.82, 2.24) is 4.98 Å². The molecule has 2 aromatic carbocycles. The van der Waals surface area contributed by atoms with Gasteiger partial charge in [-0.3, -0.25) is 19.5 Å². The molecule has 0 saturated carbocycles. The van der Waals surface area contributed by atoms with Gasteiger partial charge in [-0.1, -0.05) is 31.5 Å². The van der Waals surface area contributed by atoms with Crippen LogP contribution in [-0.2, 0) is 16.0 Å². The first kappa shape index (κ1) is 23.2. The largest absolute Gasteiger partial charge is 0.507 e. The van der Waals surface area contributed by atoms with Gasteiger partial charge in [-0.2, -0.15) is 0 Å². The summed E-state index contributed by atoms with van der Waals surface area (Å²) in [7, 11) is 1.56. The van der Waals surface area contributed by atoms with E-state index < -0.39 is 17.7 Å². The molecule has 6 nitrogen and oxygen atoms in total. The summed E-state index contributed by atoms with van der Waals surface area (Å²) in [6.45, 7) is 3.96. The van der Waals surface area contributed by atoms with Crippen LogP contribution in [0.15, 0.2) is 72.4 Å². The average Bonchev–Trinajstić information content (AvgIpc) is 3.13. The second-order valence-corrected chi connectivity index (χ2v) is 8.37. The Balaban J connectivity index is 1.85. The van der Waals surface area contributed by atoms with Crippen LogP contribution in [0.2, 0.25) is 0 Å². The molecule has 6 heteroatoms. The minimum Gasteiger partial charge on any atom is -0.507 e.